The summed E-state index contributed by atoms with van der Waals surface area (Å²) < 4.78 is 39.6. The number of halogens is 4. The molecule has 1 aromatic heterocycles. The monoisotopic (exact) mass is 311 g/mol. The van der Waals surface area contributed by atoms with E-state index in [1.165, 1.54) is 11.3 Å². The Labute approximate surface area is 120 Å². The van der Waals surface area contributed by atoms with Gasteiger partial charge in [0.2, 0.25) is 0 Å². The van der Waals surface area contributed by atoms with E-state index in [9.17, 15) is 13.2 Å². The third kappa shape index (κ3) is 3.86. The molecule has 3 atom stereocenters. The predicted octanol–water partition coefficient (Wildman–Crippen LogP) is 5.17. The predicted molar refractivity (Wildman–Crippen MR) is 72.7 cm³/mol. The number of nitrogens with one attached hydrogen (secondary N) is 1. The van der Waals surface area contributed by atoms with Gasteiger partial charge >= 0.3 is 6.18 Å². The summed E-state index contributed by atoms with van der Waals surface area (Å²) in [4.78, 5) is 0. The van der Waals surface area contributed by atoms with Crippen LogP contribution in [0.5, 0.6) is 0 Å². The van der Waals surface area contributed by atoms with Gasteiger partial charge < -0.3 is 5.32 Å². The second kappa shape index (κ2) is 6.02. The van der Waals surface area contributed by atoms with E-state index in [0.717, 1.165) is 12.0 Å². The molecular formula is C13H17ClF3NS. The molecule has 19 heavy (non-hydrogen) atoms. The lowest BCUT2D eigenvalue weighted by molar-refractivity contribution is -0.189. The van der Waals surface area contributed by atoms with Crippen LogP contribution in [0.15, 0.2) is 11.4 Å². The summed E-state index contributed by atoms with van der Waals surface area (Å²) in [5.41, 5.74) is 0.960. The van der Waals surface area contributed by atoms with Crippen LogP contribution in [0.2, 0.25) is 4.34 Å². The van der Waals surface area contributed by atoms with Gasteiger partial charge in [-0.2, -0.15) is 13.2 Å². The van der Waals surface area contributed by atoms with E-state index in [1.807, 2.05) is 18.4 Å². The lowest BCUT2D eigenvalue weighted by atomic mass is 9.83. The Morgan fingerprint density at radius 2 is 2.05 bits per heavy atom. The zero-order valence-corrected chi connectivity index (χ0v) is 12.2. The summed E-state index contributed by atoms with van der Waals surface area (Å²) in [6, 6.07) is 1.23. The maximum Gasteiger partial charge on any atom is 0.393 e. The van der Waals surface area contributed by atoms with Crippen LogP contribution in [0.1, 0.15) is 44.2 Å². The minimum absolute atomic E-state index is 0.100. The molecule has 1 heterocycles. The first-order chi connectivity index (χ1) is 8.88. The van der Waals surface area contributed by atoms with Gasteiger partial charge in [0.05, 0.1) is 10.3 Å². The van der Waals surface area contributed by atoms with Crippen LogP contribution < -0.4 is 5.32 Å². The quantitative estimate of drug-likeness (QED) is 0.811. The van der Waals surface area contributed by atoms with Crippen LogP contribution >= 0.6 is 22.9 Å². The molecule has 1 fully saturated rings. The van der Waals surface area contributed by atoms with E-state index in [-0.39, 0.29) is 12.5 Å². The Bertz CT molecular complexity index is 418. The molecule has 0 saturated heterocycles. The maximum atomic E-state index is 13.0. The first-order valence-electron chi connectivity index (χ1n) is 6.44. The van der Waals surface area contributed by atoms with Crippen molar-refractivity contribution in [3.05, 3.63) is 21.3 Å². The fourth-order valence-electron chi connectivity index (χ4n) is 2.69. The Morgan fingerprint density at radius 1 is 1.37 bits per heavy atom. The van der Waals surface area contributed by atoms with Gasteiger partial charge in [0.25, 0.3) is 0 Å². The van der Waals surface area contributed by atoms with Crippen LogP contribution in [0.25, 0.3) is 0 Å². The molecule has 1 N–H and O–H groups in total. The third-order valence-electron chi connectivity index (χ3n) is 3.74. The topological polar surface area (TPSA) is 12.0 Å². The Hall–Kier alpha value is -0.260. The van der Waals surface area contributed by atoms with Crippen molar-refractivity contribution in [3.63, 3.8) is 0 Å². The van der Waals surface area contributed by atoms with E-state index < -0.39 is 18.1 Å². The summed E-state index contributed by atoms with van der Waals surface area (Å²) in [6.07, 6.45) is -1.75. The normalized spacial score (nSPS) is 26.4. The fraction of sp³-hybridized carbons (Fsp3) is 0.692. The highest BCUT2D eigenvalue weighted by Crippen LogP contribution is 2.38. The molecule has 0 spiro atoms. The van der Waals surface area contributed by atoms with Crippen LogP contribution in [0.3, 0.4) is 0 Å². The molecule has 0 aromatic carbocycles. The zero-order chi connectivity index (χ0) is 14.0. The zero-order valence-electron chi connectivity index (χ0n) is 10.6. The molecule has 1 aromatic rings. The van der Waals surface area contributed by atoms with Gasteiger partial charge in [-0.3, -0.25) is 0 Å². The molecule has 0 radical (unpaired) electrons. The minimum atomic E-state index is -4.11. The number of hydrogen-bond donors (Lipinski definition) is 1. The average molecular weight is 312 g/mol. The molecule has 0 aliphatic heterocycles. The first kappa shape index (κ1) is 15.1. The molecular weight excluding hydrogens is 295 g/mol. The van der Waals surface area contributed by atoms with Crippen LogP contribution in [-0.2, 0) is 0 Å². The van der Waals surface area contributed by atoms with Crippen LogP contribution in [0.4, 0.5) is 13.2 Å². The number of alkyl halides is 3. The van der Waals surface area contributed by atoms with Gasteiger partial charge in [-0.15, -0.1) is 11.3 Å². The van der Waals surface area contributed by atoms with Gasteiger partial charge in [0, 0.05) is 12.1 Å². The number of thiophene rings is 1. The Kier molecular flexibility index (Phi) is 4.79. The Balaban J connectivity index is 2.03. The van der Waals surface area contributed by atoms with Crippen LogP contribution in [0, 0.1) is 5.92 Å². The highest BCUT2D eigenvalue weighted by Gasteiger charge is 2.45. The average Bonchev–Trinajstić information content (AvgIpc) is 2.75. The summed E-state index contributed by atoms with van der Waals surface area (Å²) in [7, 11) is 0. The van der Waals surface area contributed by atoms with Gasteiger partial charge in [0.1, 0.15) is 0 Å². The lowest BCUT2D eigenvalue weighted by Gasteiger charge is -2.35. The van der Waals surface area contributed by atoms with E-state index in [4.69, 9.17) is 11.6 Å². The molecule has 6 heteroatoms. The summed E-state index contributed by atoms with van der Waals surface area (Å²) in [5, 5.41) is 5.03. The van der Waals surface area contributed by atoms with E-state index >= 15 is 0 Å². The van der Waals surface area contributed by atoms with Gasteiger partial charge in [0.15, 0.2) is 0 Å². The van der Waals surface area contributed by atoms with Gasteiger partial charge in [-0.05, 0) is 36.8 Å². The number of hydrogen-bond acceptors (Lipinski definition) is 2. The van der Waals surface area contributed by atoms with Crippen molar-refractivity contribution in [2.45, 2.75) is 50.9 Å². The smallest absolute Gasteiger partial charge is 0.307 e. The molecule has 1 saturated carbocycles. The lowest BCUT2D eigenvalue weighted by Crippen LogP contribution is -2.46. The van der Waals surface area contributed by atoms with Crippen molar-refractivity contribution in [1.82, 2.24) is 5.32 Å². The van der Waals surface area contributed by atoms with Crippen molar-refractivity contribution in [1.29, 1.82) is 0 Å². The SMILES string of the molecule is CC(NC1CCCCC1C(F)(F)F)c1csc(Cl)c1. The van der Waals surface area contributed by atoms with Crippen molar-refractivity contribution in [3.8, 4) is 0 Å². The first-order valence-corrected chi connectivity index (χ1v) is 7.70. The van der Waals surface area contributed by atoms with E-state index in [2.05, 4.69) is 5.32 Å². The minimum Gasteiger partial charge on any atom is -0.307 e. The van der Waals surface area contributed by atoms with Crippen LogP contribution in [-0.4, -0.2) is 12.2 Å². The number of rotatable bonds is 3. The summed E-state index contributed by atoms with van der Waals surface area (Å²) in [6.45, 7) is 1.89. The largest absolute Gasteiger partial charge is 0.393 e. The van der Waals surface area contributed by atoms with Gasteiger partial charge in [-0.1, -0.05) is 24.4 Å². The molecule has 0 bridgehead atoms. The second-order valence-electron chi connectivity index (χ2n) is 5.11. The maximum absolute atomic E-state index is 13.0. The Morgan fingerprint density at radius 3 is 2.63 bits per heavy atom. The molecule has 3 unspecified atom stereocenters. The highest BCUT2D eigenvalue weighted by atomic mass is 35.5. The molecule has 1 nitrogen and oxygen atoms in total. The molecule has 108 valence electrons. The molecule has 1 aliphatic carbocycles. The molecule has 0 amide bonds. The fourth-order valence-corrected chi connectivity index (χ4v) is 3.67. The van der Waals surface area contributed by atoms with Crippen molar-refractivity contribution >= 4 is 22.9 Å². The van der Waals surface area contributed by atoms with E-state index in [1.54, 1.807) is 0 Å². The van der Waals surface area contributed by atoms with Crippen molar-refractivity contribution in [2.24, 2.45) is 5.92 Å². The van der Waals surface area contributed by atoms with E-state index in [0.29, 0.717) is 17.2 Å². The second-order valence-corrected chi connectivity index (χ2v) is 6.65. The summed E-state index contributed by atoms with van der Waals surface area (Å²) >= 11 is 7.26. The standard InChI is InChI=1S/C13H17ClF3NS/c1-8(9-6-12(14)19-7-9)18-11-5-3-2-4-10(11)13(15,16)17/h6-8,10-11,18H,2-5H2,1H3. The van der Waals surface area contributed by atoms with Gasteiger partial charge in [-0.25, -0.2) is 0 Å². The molecule has 1 aliphatic rings. The van der Waals surface area contributed by atoms with Crippen molar-refractivity contribution in [2.75, 3.05) is 0 Å². The van der Waals surface area contributed by atoms with Crippen molar-refractivity contribution < 1.29 is 13.2 Å². The molecule has 2 rings (SSSR count). The summed E-state index contributed by atoms with van der Waals surface area (Å²) in [5.74, 6) is -1.22. The highest BCUT2D eigenvalue weighted by molar-refractivity contribution is 7.14. The third-order valence-corrected chi connectivity index (χ3v) is 4.85.